The lowest BCUT2D eigenvalue weighted by atomic mass is 10.2. The maximum Gasteiger partial charge on any atom is 0.261 e. The van der Waals surface area contributed by atoms with E-state index >= 15 is 0 Å². The first-order chi connectivity index (χ1) is 12.6. The largest absolute Gasteiger partial charge is 0.392 e. The molecule has 0 aromatic carbocycles. The Hall–Kier alpha value is -2.58. The molecular weight excluding hydrogens is 350 g/mol. The number of aliphatic hydroxyl groups excluding tert-OH is 1. The molecule has 3 aromatic rings. The topological polar surface area (TPSA) is 100 Å². The fraction of sp³-hybridized carbons (Fsp3) is 0.333. The van der Waals surface area contributed by atoms with Crippen molar-refractivity contribution in [1.82, 2.24) is 20.3 Å². The number of nitrogens with one attached hydrogen (secondary N) is 2. The summed E-state index contributed by atoms with van der Waals surface area (Å²) >= 11 is 1.33. The van der Waals surface area contributed by atoms with Crippen LogP contribution in [0.1, 0.15) is 27.9 Å². The number of fused-ring (bicyclic) bond motifs is 1. The molecule has 8 heteroatoms. The van der Waals surface area contributed by atoms with Gasteiger partial charge in [-0.25, -0.2) is 9.97 Å². The fourth-order valence-corrected chi connectivity index (χ4v) is 3.66. The molecule has 136 valence electrons. The van der Waals surface area contributed by atoms with Crippen molar-refractivity contribution in [3.05, 3.63) is 46.9 Å². The van der Waals surface area contributed by atoms with E-state index in [0.29, 0.717) is 17.2 Å². The molecule has 3 rings (SSSR count). The fourth-order valence-electron chi connectivity index (χ4n) is 2.60. The number of pyridine rings is 1. The van der Waals surface area contributed by atoms with E-state index in [1.54, 1.807) is 13.1 Å². The van der Waals surface area contributed by atoms with Crippen LogP contribution in [0.25, 0.3) is 10.2 Å². The van der Waals surface area contributed by atoms with Crippen LogP contribution in [0.5, 0.6) is 0 Å². The van der Waals surface area contributed by atoms with Crippen LogP contribution in [0.4, 0.5) is 5.82 Å². The molecule has 0 spiro atoms. The van der Waals surface area contributed by atoms with Gasteiger partial charge in [0.15, 0.2) is 0 Å². The number of anilines is 1. The maximum absolute atomic E-state index is 12.4. The molecule has 0 radical (unpaired) electrons. The van der Waals surface area contributed by atoms with Crippen LogP contribution in [-0.4, -0.2) is 45.2 Å². The van der Waals surface area contributed by atoms with Crippen molar-refractivity contribution in [1.29, 1.82) is 0 Å². The molecule has 0 fully saturated rings. The third kappa shape index (κ3) is 4.14. The van der Waals surface area contributed by atoms with Gasteiger partial charge in [-0.05, 0) is 31.5 Å². The van der Waals surface area contributed by atoms with E-state index in [4.69, 9.17) is 0 Å². The third-order valence-corrected chi connectivity index (χ3v) is 5.09. The highest BCUT2D eigenvalue weighted by atomic mass is 32.1. The van der Waals surface area contributed by atoms with Gasteiger partial charge >= 0.3 is 0 Å². The van der Waals surface area contributed by atoms with Gasteiger partial charge in [0.25, 0.3) is 5.91 Å². The molecular formula is C18H21N5O2S. The molecule has 0 saturated heterocycles. The van der Waals surface area contributed by atoms with E-state index < -0.39 is 6.10 Å². The second-order valence-corrected chi connectivity index (χ2v) is 7.01. The first-order valence-corrected chi connectivity index (χ1v) is 9.22. The monoisotopic (exact) mass is 371 g/mol. The number of hydrogen-bond acceptors (Lipinski definition) is 7. The number of carbonyl (C=O) groups excluding carboxylic acids is 1. The number of rotatable bonds is 7. The second-order valence-electron chi connectivity index (χ2n) is 6.02. The smallest absolute Gasteiger partial charge is 0.261 e. The Morgan fingerprint density at radius 3 is 2.88 bits per heavy atom. The van der Waals surface area contributed by atoms with Crippen molar-refractivity contribution in [3.8, 4) is 0 Å². The van der Waals surface area contributed by atoms with Gasteiger partial charge in [0.2, 0.25) is 0 Å². The van der Waals surface area contributed by atoms with Crippen molar-refractivity contribution in [2.24, 2.45) is 0 Å². The highest BCUT2D eigenvalue weighted by molar-refractivity contribution is 7.20. The molecule has 1 atom stereocenters. The zero-order valence-corrected chi connectivity index (χ0v) is 15.5. The number of aromatic nitrogens is 3. The number of aliphatic hydroxyl groups is 1. The molecule has 0 aliphatic heterocycles. The summed E-state index contributed by atoms with van der Waals surface area (Å²) in [7, 11) is 0. The normalized spacial score (nSPS) is 12.1. The first kappa shape index (κ1) is 18.2. The maximum atomic E-state index is 12.4. The lowest BCUT2D eigenvalue weighted by molar-refractivity contribution is 0.0927. The predicted molar refractivity (Wildman–Crippen MR) is 103 cm³/mol. The molecule has 0 aliphatic carbocycles. The third-order valence-electron chi connectivity index (χ3n) is 3.89. The van der Waals surface area contributed by atoms with Gasteiger partial charge < -0.3 is 15.7 Å². The van der Waals surface area contributed by atoms with E-state index in [1.165, 1.54) is 17.7 Å². The van der Waals surface area contributed by atoms with Crippen LogP contribution in [0, 0.1) is 6.92 Å². The lowest BCUT2D eigenvalue weighted by Gasteiger charge is -2.08. The quantitative estimate of drug-likeness (QED) is 0.588. The second kappa shape index (κ2) is 8.20. The Bertz CT molecular complexity index is 895. The summed E-state index contributed by atoms with van der Waals surface area (Å²) < 4.78 is 0. The van der Waals surface area contributed by atoms with E-state index in [1.807, 2.05) is 25.1 Å². The highest BCUT2D eigenvalue weighted by Crippen LogP contribution is 2.33. The Kier molecular flexibility index (Phi) is 5.75. The van der Waals surface area contributed by atoms with E-state index in [-0.39, 0.29) is 12.5 Å². The van der Waals surface area contributed by atoms with Crippen LogP contribution in [0.2, 0.25) is 0 Å². The van der Waals surface area contributed by atoms with Crippen molar-refractivity contribution in [2.75, 3.05) is 18.4 Å². The Balaban J connectivity index is 1.77. The molecule has 1 unspecified atom stereocenters. The average Bonchev–Trinajstić information content (AvgIpc) is 2.98. The zero-order valence-electron chi connectivity index (χ0n) is 14.7. The van der Waals surface area contributed by atoms with Crippen molar-refractivity contribution in [2.45, 2.75) is 26.4 Å². The van der Waals surface area contributed by atoms with Crippen LogP contribution in [0.15, 0.2) is 30.7 Å². The van der Waals surface area contributed by atoms with Crippen LogP contribution in [-0.2, 0) is 6.42 Å². The Morgan fingerprint density at radius 2 is 2.15 bits per heavy atom. The molecule has 3 aromatic heterocycles. The van der Waals surface area contributed by atoms with Gasteiger partial charge in [-0.15, -0.1) is 11.3 Å². The summed E-state index contributed by atoms with van der Waals surface area (Å²) in [5.41, 5.74) is 1.85. The minimum atomic E-state index is -0.586. The van der Waals surface area contributed by atoms with Crippen LogP contribution >= 0.6 is 11.3 Å². The predicted octanol–water partition coefficient (Wildman–Crippen LogP) is 2.16. The summed E-state index contributed by atoms with van der Waals surface area (Å²) in [6, 6.07) is 5.84. The molecule has 7 nitrogen and oxygen atoms in total. The number of aryl methyl sites for hydroxylation is 1. The molecule has 3 heterocycles. The van der Waals surface area contributed by atoms with Crippen LogP contribution in [0.3, 0.4) is 0 Å². The lowest BCUT2D eigenvalue weighted by Crippen LogP contribution is -2.30. The Labute approximate surface area is 155 Å². The summed E-state index contributed by atoms with van der Waals surface area (Å²) in [6.45, 7) is 4.42. The van der Waals surface area contributed by atoms with Gasteiger partial charge in [-0.1, -0.05) is 6.07 Å². The number of hydrogen-bond donors (Lipinski definition) is 3. The van der Waals surface area contributed by atoms with Gasteiger partial charge in [0, 0.05) is 31.4 Å². The van der Waals surface area contributed by atoms with Crippen molar-refractivity contribution >= 4 is 33.3 Å². The Morgan fingerprint density at radius 1 is 1.31 bits per heavy atom. The van der Waals surface area contributed by atoms with Crippen molar-refractivity contribution < 1.29 is 9.90 Å². The molecule has 0 aliphatic rings. The number of amides is 1. The van der Waals surface area contributed by atoms with Crippen molar-refractivity contribution in [3.63, 3.8) is 0 Å². The zero-order chi connectivity index (χ0) is 18.5. The van der Waals surface area contributed by atoms with Gasteiger partial charge in [0.1, 0.15) is 17.0 Å². The SMILES string of the molecule is Cc1c(C(=O)NCC(C)O)sc2ncnc(NCCc3ccccn3)c12. The van der Waals surface area contributed by atoms with E-state index in [2.05, 4.69) is 25.6 Å². The van der Waals surface area contributed by atoms with Gasteiger partial charge in [0.05, 0.1) is 16.4 Å². The summed E-state index contributed by atoms with van der Waals surface area (Å²) in [4.78, 5) is 26.7. The number of nitrogens with zero attached hydrogens (tertiary/aromatic N) is 3. The summed E-state index contributed by atoms with van der Waals surface area (Å²) in [6.07, 6.45) is 3.47. The number of carbonyl (C=O) groups is 1. The minimum absolute atomic E-state index is 0.203. The van der Waals surface area contributed by atoms with E-state index in [0.717, 1.165) is 27.9 Å². The average molecular weight is 371 g/mol. The van der Waals surface area contributed by atoms with E-state index in [9.17, 15) is 9.90 Å². The van der Waals surface area contributed by atoms with Gasteiger partial charge in [-0.2, -0.15) is 0 Å². The minimum Gasteiger partial charge on any atom is -0.392 e. The molecule has 1 amide bonds. The molecule has 26 heavy (non-hydrogen) atoms. The number of thiophene rings is 1. The summed E-state index contributed by atoms with van der Waals surface area (Å²) in [5, 5.41) is 16.3. The molecule has 3 N–H and O–H groups in total. The molecule has 0 bridgehead atoms. The molecule has 0 saturated carbocycles. The first-order valence-electron chi connectivity index (χ1n) is 8.40. The summed E-state index contributed by atoms with van der Waals surface area (Å²) in [5.74, 6) is 0.514. The standard InChI is InChI=1S/C18H21N5O2S/c1-11(24)9-21-17(25)15-12(2)14-16(22-10-23-18(14)26-15)20-8-6-13-5-3-4-7-19-13/h3-5,7,10-11,24H,6,8-9H2,1-2H3,(H,21,25)(H,20,22,23). The van der Waals surface area contributed by atoms with Gasteiger partial charge in [-0.3, -0.25) is 9.78 Å². The highest BCUT2D eigenvalue weighted by Gasteiger charge is 2.19. The van der Waals surface area contributed by atoms with Crippen LogP contribution < -0.4 is 10.6 Å².